The summed E-state index contributed by atoms with van der Waals surface area (Å²) in [5.74, 6) is -1.95. The zero-order valence-electron chi connectivity index (χ0n) is 15.4. The van der Waals surface area contributed by atoms with Crippen LogP contribution in [0.4, 0.5) is 4.79 Å². The molecule has 3 fully saturated rings. The van der Waals surface area contributed by atoms with Gasteiger partial charge in [0, 0.05) is 11.8 Å². The van der Waals surface area contributed by atoms with Crippen molar-refractivity contribution < 1.29 is 43.5 Å². The van der Waals surface area contributed by atoms with Crippen LogP contribution in [0, 0.1) is 18.8 Å². The lowest BCUT2D eigenvalue weighted by Crippen LogP contribution is -2.68. The van der Waals surface area contributed by atoms with Crippen molar-refractivity contribution >= 4 is 16.1 Å². The average molecular weight is 429 g/mol. The first-order valence-corrected chi connectivity index (χ1v) is 10.7. The molecule has 0 radical (unpaired) electrons. The Morgan fingerprint density at radius 3 is 2.17 bits per heavy atom. The molecular weight excluding hydrogens is 406 g/mol. The third-order valence-electron chi connectivity index (χ3n) is 6.26. The van der Waals surface area contributed by atoms with Crippen molar-refractivity contribution in [3.05, 3.63) is 29.8 Å². The molecule has 160 valence electrons. The molecule has 1 amide bonds. The highest BCUT2D eigenvalue weighted by Crippen LogP contribution is 2.47. The van der Waals surface area contributed by atoms with Crippen molar-refractivity contribution in [2.45, 2.75) is 60.9 Å². The monoisotopic (exact) mass is 429 g/mol. The van der Waals surface area contributed by atoms with Crippen LogP contribution in [-0.4, -0.2) is 87.0 Å². The Bertz CT molecular complexity index is 904. The molecule has 0 spiro atoms. The molecule has 9 atom stereocenters. The maximum atomic E-state index is 13.1. The Labute approximate surface area is 167 Å². The van der Waals surface area contributed by atoms with Crippen LogP contribution in [0.3, 0.4) is 0 Å². The zero-order chi connectivity index (χ0) is 21.2. The number of sulfonamides is 1. The number of benzene rings is 1. The van der Waals surface area contributed by atoms with Crippen LogP contribution in [0.25, 0.3) is 0 Å². The van der Waals surface area contributed by atoms with Crippen molar-refractivity contribution in [3.63, 3.8) is 0 Å². The Morgan fingerprint density at radius 2 is 1.55 bits per heavy atom. The summed E-state index contributed by atoms with van der Waals surface area (Å²) in [5, 5.41) is 51.5. The number of ether oxygens (including phenoxy) is 1. The van der Waals surface area contributed by atoms with Gasteiger partial charge in [-0.15, -0.1) is 0 Å². The first-order valence-electron chi connectivity index (χ1n) is 9.27. The van der Waals surface area contributed by atoms with Crippen LogP contribution >= 0.6 is 0 Å². The van der Waals surface area contributed by atoms with Gasteiger partial charge >= 0.3 is 6.09 Å². The quantitative estimate of drug-likeness (QED) is 0.369. The number of carbonyl (C=O) groups excluding carboxylic acids is 1. The van der Waals surface area contributed by atoms with Crippen molar-refractivity contribution in [3.8, 4) is 0 Å². The summed E-state index contributed by atoms with van der Waals surface area (Å²) in [4.78, 5) is 12.4. The van der Waals surface area contributed by atoms with Gasteiger partial charge in [0.25, 0.3) is 10.0 Å². The van der Waals surface area contributed by atoms with Gasteiger partial charge in [-0.05, 0) is 25.5 Å². The highest BCUT2D eigenvalue weighted by molar-refractivity contribution is 7.89. The maximum Gasteiger partial charge on any atom is 0.424 e. The Hall–Kier alpha value is -1.76. The van der Waals surface area contributed by atoms with Crippen molar-refractivity contribution in [1.29, 1.82) is 0 Å². The lowest BCUT2D eigenvalue weighted by molar-refractivity contribution is -0.211. The number of aliphatic hydroxyl groups excluding tert-OH is 5. The molecule has 2 saturated carbocycles. The van der Waals surface area contributed by atoms with E-state index in [0.717, 1.165) is 5.56 Å². The molecule has 1 heterocycles. The van der Waals surface area contributed by atoms with E-state index in [9.17, 15) is 38.7 Å². The van der Waals surface area contributed by atoms with E-state index >= 15 is 0 Å². The topological polar surface area (TPSA) is 165 Å². The summed E-state index contributed by atoms with van der Waals surface area (Å²) in [6.07, 6.45) is -10.4. The number of aryl methyl sites for hydroxylation is 1. The van der Waals surface area contributed by atoms with E-state index < -0.39 is 70.6 Å². The minimum Gasteiger partial charge on any atom is -0.443 e. The van der Waals surface area contributed by atoms with Gasteiger partial charge in [0.2, 0.25) is 0 Å². The van der Waals surface area contributed by atoms with E-state index in [0.29, 0.717) is 4.31 Å². The molecule has 0 unspecified atom stereocenters. The zero-order valence-corrected chi connectivity index (χ0v) is 16.3. The van der Waals surface area contributed by atoms with Gasteiger partial charge in [-0.25, -0.2) is 13.2 Å². The largest absolute Gasteiger partial charge is 0.443 e. The van der Waals surface area contributed by atoms with Gasteiger partial charge in [0.1, 0.15) is 24.4 Å². The molecule has 5 N–H and O–H groups in total. The first kappa shape index (κ1) is 20.5. The van der Waals surface area contributed by atoms with Gasteiger partial charge < -0.3 is 30.3 Å². The van der Waals surface area contributed by atoms with Crippen LogP contribution in [0.2, 0.25) is 0 Å². The van der Waals surface area contributed by atoms with Crippen LogP contribution < -0.4 is 0 Å². The second-order valence-electron chi connectivity index (χ2n) is 7.96. The number of amides is 1. The van der Waals surface area contributed by atoms with E-state index in [-0.39, 0.29) is 11.3 Å². The molecule has 2 aliphatic carbocycles. The summed E-state index contributed by atoms with van der Waals surface area (Å²) in [6, 6.07) is 4.33. The van der Waals surface area contributed by atoms with E-state index in [4.69, 9.17) is 4.74 Å². The molecule has 0 aromatic heterocycles. The number of hydrogen-bond acceptors (Lipinski definition) is 9. The molecule has 29 heavy (non-hydrogen) atoms. The number of nitrogens with zero attached hydrogens (tertiary/aromatic N) is 1. The van der Waals surface area contributed by atoms with Gasteiger partial charge in [0.05, 0.1) is 23.2 Å². The molecule has 10 nitrogen and oxygen atoms in total. The summed E-state index contributed by atoms with van der Waals surface area (Å²) < 4.78 is 31.9. The SMILES string of the molecule is Cc1ccc(S(=O)(=O)N2C(=O)O[C@H]3[C@H]4C[C@H](O)[C@H](O)[C@@H](O)[C@H]4[C@H](O)[C@H](O)[C@H]32)cc1. The third-order valence-corrected chi connectivity index (χ3v) is 8.04. The van der Waals surface area contributed by atoms with Crippen LogP contribution in [0.5, 0.6) is 0 Å². The molecule has 0 bridgehead atoms. The Balaban J connectivity index is 1.74. The van der Waals surface area contributed by atoms with E-state index in [1.54, 1.807) is 19.1 Å². The molecule has 1 aromatic rings. The Morgan fingerprint density at radius 1 is 0.966 bits per heavy atom. The smallest absolute Gasteiger partial charge is 0.424 e. The second kappa shape index (κ2) is 6.89. The van der Waals surface area contributed by atoms with Crippen LogP contribution in [-0.2, 0) is 14.8 Å². The number of aliphatic hydroxyl groups is 5. The number of fused-ring (bicyclic) bond motifs is 3. The molecular formula is C18H23NO9S. The van der Waals surface area contributed by atoms with Crippen molar-refractivity contribution in [2.24, 2.45) is 11.8 Å². The minimum absolute atomic E-state index is 0.139. The second-order valence-corrected chi connectivity index (χ2v) is 9.77. The lowest BCUT2D eigenvalue weighted by atomic mass is 9.62. The summed E-state index contributed by atoms with van der Waals surface area (Å²) in [7, 11) is -4.39. The summed E-state index contributed by atoms with van der Waals surface area (Å²) in [6.45, 7) is 1.77. The number of carbonyl (C=O) groups is 1. The fourth-order valence-corrected chi connectivity index (χ4v) is 6.28. The van der Waals surface area contributed by atoms with Gasteiger partial charge in [-0.3, -0.25) is 0 Å². The van der Waals surface area contributed by atoms with Crippen molar-refractivity contribution in [1.82, 2.24) is 4.31 Å². The molecule has 11 heteroatoms. The minimum atomic E-state index is -4.39. The molecule has 1 aromatic carbocycles. The predicted molar refractivity (Wildman–Crippen MR) is 95.9 cm³/mol. The number of hydrogen-bond donors (Lipinski definition) is 5. The van der Waals surface area contributed by atoms with Crippen molar-refractivity contribution in [2.75, 3.05) is 0 Å². The van der Waals surface area contributed by atoms with E-state index in [1.807, 2.05) is 0 Å². The molecule has 3 aliphatic rings. The normalized spacial score (nSPS) is 42.2. The van der Waals surface area contributed by atoms with Crippen LogP contribution in [0.15, 0.2) is 29.2 Å². The fourth-order valence-electron chi connectivity index (χ4n) is 4.77. The average Bonchev–Trinajstić information content (AvgIpc) is 3.02. The van der Waals surface area contributed by atoms with E-state index in [2.05, 4.69) is 0 Å². The highest BCUT2D eigenvalue weighted by Gasteiger charge is 2.64. The van der Waals surface area contributed by atoms with Gasteiger partial charge in [-0.1, -0.05) is 17.7 Å². The summed E-state index contributed by atoms with van der Waals surface area (Å²) >= 11 is 0. The highest BCUT2D eigenvalue weighted by atomic mass is 32.2. The molecule has 1 saturated heterocycles. The lowest BCUT2D eigenvalue weighted by Gasteiger charge is -2.51. The maximum absolute atomic E-state index is 13.1. The first-order chi connectivity index (χ1) is 13.6. The Kier molecular flexibility index (Phi) is 4.88. The fraction of sp³-hybridized carbons (Fsp3) is 0.611. The third kappa shape index (κ3) is 2.95. The number of rotatable bonds is 2. The van der Waals surface area contributed by atoms with Crippen LogP contribution in [0.1, 0.15) is 12.0 Å². The van der Waals surface area contributed by atoms with E-state index in [1.165, 1.54) is 12.1 Å². The summed E-state index contributed by atoms with van der Waals surface area (Å²) in [5.41, 5.74) is 0.811. The molecule has 1 aliphatic heterocycles. The molecule has 4 rings (SSSR count). The predicted octanol–water partition coefficient (Wildman–Crippen LogP) is -1.67. The standard InChI is InChI=1S/C18H23NO9S/c1-7-2-4-8(5-3-7)29(26,27)19-12-16(24)15(23)11-9(17(12)28-18(19)25)6-10(20)13(21)14(11)22/h2-5,9-17,20-24H,6H2,1H3/t9-,10-,11-,12+,13-,14-,15-,16+,17-/m0/s1. The van der Waals surface area contributed by atoms with Gasteiger partial charge in [0.15, 0.2) is 0 Å². The van der Waals surface area contributed by atoms with Gasteiger partial charge in [-0.2, -0.15) is 4.31 Å².